The molecule has 0 atom stereocenters. The van der Waals surface area contributed by atoms with Crippen molar-refractivity contribution in [3.63, 3.8) is 0 Å². The molecule has 0 bridgehead atoms. The summed E-state index contributed by atoms with van der Waals surface area (Å²) in [6.07, 6.45) is 1.64. The van der Waals surface area contributed by atoms with Gasteiger partial charge < -0.3 is 9.88 Å². The van der Waals surface area contributed by atoms with Crippen LogP contribution in [-0.2, 0) is 0 Å². The Labute approximate surface area is 105 Å². The molecule has 0 spiro atoms. The van der Waals surface area contributed by atoms with Crippen molar-refractivity contribution in [1.29, 1.82) is 0 Å². The van der Waals surface area contributed by atoms with Crippen LogP contribution in [0, 0.1) is 0 Å². The Hall–Kier alpha value is -2.36. The second kappa shape index (κ2) is 4.87. The van der Waals surface area contributed by atoms with Crippen LogP contribution in [0.5, 0.6) is 0 Å². The molecule has 92 valence electrons. The van der Waals surface area contributed by atoms with Gasteiger partial charge in [-0.3, -0.25) is 9.59 Å². The number of pyridine rings is 1. The molecule has 1 aromatic carbocycles. The minimum atomic E-state index is -0.140. The van der Waals surface area contributed by atoms with E-state index in [4.69, 9.17) is 0 Å². The van der Waals surface area contributed by atoms with Gasteiger partial charge in [0.1, 0.15) is 0 Å². The maximum absolute atomic E-state index is 11.9. The van der Waals surface area contributed by atoms with E-state index in [-0.39, 0.29) is 11.5 Å². The van der Waals surface area contributed by atoms with E-state index in [1.54, 1.807) is 32.4 Å². The van der Waals surface area contributed by atoms with Crippen molar-refractivity contribution in [1.82, 2.24) is 9.88 Å². The number of hydrogen-bond donors (Lipinski definition) is 1. The maximum atomic E-state index is 11.9. The van der Waals surface area contributed by atoms with Gasteiger partial charge in [-0.15, -0.1) is 0 Å². The van der Waals surface area contributed by atoms with Gasteiger partial charge in [-0.05, 0) is 29.3 Å². The minimum absolute atomic E-state index is 0.0405. The van der Waals surface area contributed by atoms with Crippen LogP contribution in [-0.4, -0.2) is 29.9 Å². The van der Waals surface area contributed by atoms with Crippen LogP contribution >= 0.6 is 0 Å². The number of aromatic amines is 1. The van der Waals surface area contributed by atoms with Gasteiger partial charge in [0.25, 0.3) is 5.91 Å². The number of carbonyl (C=O) groups is 1. The summed E-state index contributed by atoms with van der Waals surface area (Å²) < 4.78 is 0. The van der Waals surface area contributed by atoms with E-state index in [9.17, 15) is 9.59 Å². The number of carbonyl (C=O) groups excluding carboxylic acids is 1. The Balaban J connectivity index is 2.41. The summed E-state index contributed by atoms with van der Waals surface area (Å²) >= 11 is 0. The van der Waals surface area contributed by atoms with Crippen molar-refractivity contribution >= 4 is 5.91 Å². The van der Waals surface area contributed by atoms with Crippen LogP contribution in [0.1, 0.15) is 10.4 Å². The lowest BCUT2D eigenvalue weighted by molar-refractivity contribution is 0.0827. The summed E-state index contributed by atoms with van der Waals surface area (Å²) in [5.74, 6) is -0.0405. The highest BCUT2D eigenvalue weighted by atomic mass is 16.2. The maximum Gasteiger partial charge on any atom is 0.253 e. The van der Waals surface area contributed by atoms with Gasteiger partial charge in [0.2, 0.25) is 5.56 Å². The number of hydrogen-bond acceptors (Lipinski definition) is 2. The molecule has 0 unspecified atom stereocenters. The van der Waals surface area contributed by atoms with E-state index >= 15 is 0 Å². The van der Waals surface area contributed by atoms with Crippen molar-refractivity contribution in [2.24, 2.45) is 0 Å². The molecule has 4 heteroatoms. The molecule has 18 heavy (non-hydrogen) atoms. The number of aromatic nitrogens is 1. The van der Waals surface area contributed by atoms with Gasteiger partial charge in [-0.25, -0.2) is 0 Å². The molecule has 1 amide bonds. The zero-order chi connectivity index (χ0) is 13.1. The summed E-state index contributed by atoms with van der Waals surface area (Å²) in [5.41, 5.74) is 2.27. The van der Waals surface area contributed by atoms with Crippen molar-refractivity contribution in [2.45, 2.75) is 0 Å². The fraction of sp³-hybridized carbons (Fsp3) is 0.143. The van der Waals surface area contributed by atoms with Crippen LogP contribution < -0.4 is 5.56 Å². The summed E-state index contributed by atoms with van der Waals surface area (Å²) in [5, 5.41) is 0. The average Bonchev–Trinajstić information content (AvgIpc) is 2.38. The molecule has 0 aliphatic rings. The second-order valence-corrected chi connectivity index (χ2v) is 4.22. The lowest BCUT2D eigenvalue weighted by Crippen LogP contribution is -2.21. The van der Waals surface area contributed by atoms with Gasteiger partial charge in [-0.2, -0.15) is 0 Å². The van der Waals surface area contributed by atoms with Gasteiger partial charge in [0, 0.05) is 31.9 Å². The van der Waals surface area contributed by atoms with E-state index in [1.807, 2.05) is 18.2 Å². The van der Waals surface area contributed by atoms with Crippen molar-refractivity contribution in [2.75, 3.05) is 14.1 Å². The second-order valence-electron chi connectivity index (χ2n) is 4.22. The molecule has 0 radical (unpaired) electrons. The van der Waals surface area contributed by atoms with Gasteiger partial charge in [-0.1, -0.05) is 12.1 Å². The first kappa shape index (κ1) is 12.1. The number of benzene rings is 1. The van der Waals surface area contributed by atoms with Crippen molar-refractivity contribution < 1.29 is 4.79 Å². The van der Waals surface area contributed by atoms with Crippen LogP contribution in [0.4, 0.5) is 0 Å². The third-order valence-electron chi connectivity index (χ3n) is 2.63. The number of nitrogens with one attached hydrogen (secondary N) is 1. The van der Waals surface area contributed by atoms with Crippen molar-refractivity contribution in [3.05, 3.63) is 58.5 Å². The monoisotopic (exact) mass is 242 g/mol. The zero-order valence-corrected chi connectivity index (χ0v) is 10.3. The molecular weight excluding hydrogens is 228 g/mol. The summed E-state index contributed by atoms with van der Waals surface area (Å²) in [4.78, 5) is 27.0. The fourth-order valence-corrected chi connectivity index (χ4v) is 1.68. The Kier molecular flexibility index (Phi) is 3.28. The third kappa shape index (κ3) is 2.48. The largest absolute Gasteiger partial charge is 0.345 e. The third-order valence-corrected chi connectivity index (χ3v) is 2.63. The molecule has 1 heterocycles. The number of amides is 1. The summed E-state index contributed by atoms with van der Waals surface area (Å²) in [7, 11) is 3.43. The molecule has 1 N–H and O–H groups in total. The number of rotatable bonds is 2. The molecule has 0 aliphatic heterocycles. The molecule has 0 fully saturated rings. The predicted molar refractivity (Wildman–Crippen MR) is 70.5 cm³/mol. The Morgan fingerprint density at radius 3 is 2.50 bits per heavy atom. The van der Waals surface area contributed by atoms with Crippen LogP contribution in [0.3, 0.4) is 0 Å². The summed E-state index contributed by atoms with van der Waals surface area (Å²) in [6.45, 7) is 0. The highest BCUT2D eigenvalue weighted by Crippen LogP contribution is 2.19. The minimum Gasteiger partial charge on any atom is -0.345 e. The van der Waals surface area contributed by atoms with E-state index in [0.717, 1.165) is 11.1 Å². The molecule has 4 nitrogen and oxygen atoms in total. The molecule has 2 aromatic rings. The number of H-pyrrole nitrogens is 1. The average molecular weight is 242 g/mol. The highest BCUT2D eigenvalue weighted by molar-refractivity contribution is 5.95. The Bertz CT molecular complexity index is 609. The number of nitrogens with zero attached hydrogens (tertiary/aromatic N) is 1. The van der Waals surface area contributed by atoms with E-state index in [1.165, 1.54) is 11.0 Å². The first-order valence-electron chi connectivity index (χ1n) is 5.59. The van der Waals surface area contributed by atoms with E-state index in [2.05, 4.69) is 4.98 Å². The normalized spacial score (nSPS) is 10.1. The first-order chi connectivity index (χ1) is 8.58. The Morgan fingerprint density at radius 1 is 1.11 bits per heavy atom. The van der Waals surface area contributed by atoms with Gasteiger partial charge in [0.05, 0.1) is 0 Å². The molecule has 1 aromatic heterocycles. The molecule has 0 saturated carbocycles. The van der Waals surface area contributed by atoms with E-state index in [0.29, 0.717) is 5.56 Å². The first-order valence-corrected chi connectivity index (χ1v) is 5.59. The standard InChI is InChI=1S/C14H14N2O2/c1-16(2)14(18)11-5-3-4-10(8-11)12-6-7-13(17)15-9-12/h3-9H,1-2H3,(H,15,17). The molecular formula is C14H14N2O2. The lowest BCUT2D eigenvalue weighted by atomic mass is 10.0. The van der Waals surface area contributed by atoms with Gasteiger partial charge in [0.15, 0.2) is 0 Å². The van der Waals surface area contributed by atoms with Crippen molar-refractivity contribution in [3.8, 4) is 11.1 Å². The SMILES string of the molecule is CN(C)C(=O)c1cccc(-c2ccc(=O)[nH]c2)c1. The zero-order valence-electron chi connectivity index (χ0n) is 10.3. The molecule has 0 aliphatic carbocycles. The fourth-order valence-electron chi connectivity index (χ4n) is 1.68. The smallest absolute Gasteiger partial charge is 0.253 e. The summed E-state index contributed by atoms with van der Waals surface area (Å²) in [6, 6.07) is 10.5. The lowest BCUT2D eigenvalue weighted by Gasteiger charge is -2.11. The van der Waals surface area contributed by atoms with Crippen LogP contribution in [0.25, 0.3) is 11.1 Å². The Morgan fingerprint density at radius 2 is 1.89 bits per heavy atom. The quantitative estimate of drug-likeness (QED) is 0.872. The predicted octanol–water partition coefficient (Wildman–Crippen LogP) is 1.74. The van der Waals surface area contributed by atoms with E-state index < -0.39 is 0 Å². The molecule has 0 saturated heterocycles. The van der Waals surface area contributed by atoms with Crippen LogP contribution in [0.15, 0.2) is 47.4 Å². The van der Waals surface area contributed by atoms with Crippen LogP contribution in [0.2, 0.25) is 0 Å². The highest BCUT2D eigenvalue weighted by Gasteiger charge is 2.08. The van der Waals surface area contributed by atoms with Gasteiger partial charge >= 0.3 is 0 Å². The topological polar surface area (TPSA) is 53.2 Å². The molecule has 2 rings (SSSR count).